The lowest BCUT2D eigenvalue weighted by atomic mass is 10.2. The van der Waals surface area contributed by atoms with Crippen molar-refractivity contribution in [3.05, 3.63) is 71.8 Å². The van der Waals surface area contributed by atoms with Gasteiger partial charge in [-0.05, 0) is 11.1 Å². The summed E-state index contributed by atoms with van der Waals surface area (Å²) in [6.07, 6.45) is 0.0848. The van der Waals surface area contributed by atoms with Gasteiger partial charge in [0, 0.05) is 11.5 Å². The molecule has 1 amide bonds. The third kappa shape index (κ3) is 7.84. The molecule has 0 saturated heterocycles. The summed E-state index contributed by atoms with van der Waals surface area (Å²) < 4.78 is 9.73. The van der Waals surface area contributed by atoms with Crippen molar-refractivity contribution in [3.8, 4) is 0 Å². The minimum atomic E-state index is -0.806. The smallest absolute Gasteiger partial charge is 0.329 e. The molecule has 2 aromatic rings. The van der Waals surface area contributed by atoms with Crippen LogP contribution in [0.15, 0.2) is 60.7 Å². The van der Waals surface area contributed by atoms with E-state index < -0.39 is 30.5 Å². The van der Waals surface area contributed by atoms with Crippen LogP contribution in [0.4, 0.5) is 0 Å². The minimum Gasteiger partial charge on any atom is -0.467 e. The molecule has 28 heavy (non-hydrogen) atoms. The summed E-state index contributed by atoms with van der Waals surface area (Å²) in [6, 6.07) is 18.1. The molecule has 0 bridgehead atoms. The predicted octanol–water partition coefficient (Wildman–Crippen LogP) is 2.36. The summed E-state index contributed by atoms with van der Waals surface area (Å²) in [7, 11) is 1.27. The Morgan fingerprint density at radius 3 is 2.18 bits per heavy atom. The summed E-state index contributed by atoms with van der Waals surface area (Å²) in [6.45, 7) is -0.442. The zero-order chi connectivity index (χ0) is 20.2. The maximum Gasteiger partial charge on any atom is 0.329 e. The first-order valence-electron chi connectivity index (χ1n) is 8.77. The Hall–Kier alpha value is -2.80. The summed E-state index contributed by atoms with van der Waals surface area (Å²) in [4.78, 5) is 35.8. The number of esters is 2. The van der Waals surface area contributed by atoms with E-state index in [0.29, 0.717) is 11.5 Å². The van der Waals surface area contributed by atoms with Gasteiger partial charge in [0.2, 0.25) is 0 Å². The summed E-state index contributed by atoms with van der Waals surface area (Å²) in [5.41, 5.74) is 1.93. The monoisotopic (exact) mass is 401 g/mol. The van der Waals surface area contributed by atoms with E-state index in [1.807, 2.05) is 48.5 Å². The van der Waals surface area contributed by atoms with Crippen LogP contribution in [0.25, 0.3) is 0 Å². The van der Waals surface area contributed by atoms with Crippen LogP contribution in [0.2, 0.25) is 0 Å². The van der Waals surface area contributed by atoms with Gasteiger partial charge in [-0.25, -0.2) is 4.79 Å². The summed E-state index contributed by atoms with van der Waals surface area (Å²) in [5, 5.41) is 2.56. The second-order valence-electron chi connectivity index (χ2n) is 5.97. The standard InChI is InChI=1S/C21H23NO5S/c1-26-21(25)18(15-28-14-17-10-6-3-7-11-17)22-19(23)13-27-20(24)12-16-8-4-2-5-9-16/h2-11,18H,12-15H2,1H3,(H,22,23). The fourth-order valence-corrected chi connectivity index (χ4v) is 3.38. The lowest BCUT2D eigenvalue weighted by Crippen LogP contribution is -2.45. The average Bonchev–Trinajstić information content (AvgIpc) is 2.72. The predicted molar refractivity (Wildman–Crippen MR) is 108 cm³/mol. The maximum atomic E-state index is 12.1. The van der Waals surface area contributed by atoms with E-state index in [1.165, 1.54) is 18.9 Å². The quantitative estimate of drug-likeness (QED) is 0.616. The van der Waals surface area contributed by atoms with Crippen LogP contribution in [-0.2, 0) is 36.0 Å². The Labute approximate surface area is 168 Å². The van der Waals surface area contributed by atoms with Crippen LogP contribution in [-0.4, -0.2) is 43.4 Å². The number of hydrogen-bond acceptors (Lipinski definition) is 6. The first-order valence-corrected chi connectivity index (χ1v) is 9.92. The molecular weight excluding hydrogens is 378 g/mol. The number of carbonyl (C=O) groups excluding carboxylic acids is 3. The third-order valence-corrected chi connectivity index (χ3v) is 4.88. The Morgan fingerprint density at radius 2 is 1.57 bits per heavy atom. The Bertz CT molecular complexity index is 767. The van der Waals surface area contributed by atoms with Crippen molar-refractivity contribution < 1.29 is 23.9 Å². The number of ether oxygens (including phenoxy) is 2. The van der Waals surface area contributed by atoms with Gasteiger partial charge in [0.25, 0.3) is 5.91 Å². The minimum absolute atomic E-state index is 0.0848. The van der Waals surface area contributed by atoms with Crippen molar-refractivity contribution in [3.63, 3.8) is 0 Å². The van der Waals surface area contributed by atoms with Crippen molar-refractivity contribution >= 4 is 29.6 Å². The number of thioether (sulfide) groups is 1. The number of rotatable bonds is 10. The number of hydrogen-bond donors (Lipinski definition) is 1. The number of carbonyl (C=O) groups is 3. The molecule has 2 rings (SSSR count). The summed E-state index contributed by atoms with van der Waals surface area (Å²) in [5.74, 6) is -0.530. The van der Waals surface area contributed by atoms with Crippen LogP contribution in [0, 0.1) is 0 Å². The van der Waals surface area contributed by atoms with Gasteiger partial charge < -0.3 is 14.8 Å². The van der Waals surface area contributed by atoms with E-state index in [4.69, 9.17) is 9.47 Å². The lowest BCUT2D eigenvalue weighted by molar-refractivity contribution is -0.149. The number of nitrogens with one attached hydrogen (secondary N) is 1. The molecule has 0 aromatic heterocycles. The molecular formula is C21H23NO5S. The Kier molecular flexibility index (Phi) is 9.07. The highest BCUT2D eigenvalue weighted by molar-refractivity contribution is 7.98. The second-order valence-corrected chi connectivity index (χ2v) is 7.00. The van der Waals surface area contributed by atoms with Crippen molar-refractivity contribution in [2.24, 2.45) is 0 Å². The van der Waals surface area contributed by atoms with E-state index in [1.54, 1.807) is 12.1 Å². The van der Waals surface area contributed by atoms with Gasteiger partial charge in [-0.3, -0.25) is 9.59 Å². The average molecular weight is 401 g/mol. The van der Waals surface area contributed by atoms with Crippen LogP contribution >= 0.6 is 11.8 Å². The molecule has 0 radical (unpaired) electrons. The molecule has 0 saturated carbocycles. The van der Waals surface area contributed by atoms with E-state index in [-0.39, 0.29) is 6.42 Å². The Morgan fingerprint density at radius 1 is 0.964 bits per heavy atom. The van der Waals surface area contributed by atoms with Crippen LogP contribution in [0.5, 0.6) is 0 Å². The van der Waals surface area contributed by atoms with Gasteiger partial charge in [0.1, 0.15) is 6.04 Å². The first-order chi connectivity index (χ1) is 13.6. The van der Waals surface area contributed by atoms with Gasteiger partial charge in [0.05, 0.1) is 13.5 Å². The fourth-order valence-electron chi connectivity index (χ4n) is 2.38. The third-order valence-electron chi connectivity index (χ3n) is 3.77. The molecule has 0 aliphatic carbocycles. The molecule has 0 spiro atoms. The first kappa shape index (κ1) is 21.5. The van der Waals surface area contributed by atoms with Crippen LogP contribution in [0.3, 0.4) is 0 Å². The van der Waals surface area contributed by atoms with Crippen LogP contribution in [0.1, 0.15) is 11.1 Å². The normalized spacial score (nSPS) is 11.3. The van der Waals surface area contributed by atoms with E-state index in [2.05, 4.69) is 5.32 Å². The zero-order valence-corrected chi connectivity index (χ0v) is 16.4. The van der Waals surface area contributed by atoms with E-state index in [9.17, 15) is 14.4 Å². The van der Waals surface area contributed by atoms with Crippen molar-refractivity contribution in [2.75, 3.05) is 19.5 Å². The molecule has 1 unspecified atom stereocenters. The molecule has 7 heteroatoms. The van der Waals surface area contributed by atoms with E-state index in [0.717, 1.165) is 11.1 Å². The van der Waals surface area contributed by atoms with E-state index >= 15 is 0 Å². The van der Waals surface area contributed by atoms with Gasteiger partial charge in [-0.1, -0.05) is 60.7 Å². The second kappa shape index (κ2) is 11.8. The van der Waals surface area contributed by atoms with Crippen molar-refractivity contribution in [1.29, 1.82) is 0 Å². The van der Waals surface area contributed by atoms with Gasteiger partial charge in [-0.2, -0.15) is 11.8 Å². The van der Waals surface area contributed by atoms with Crippen molar-refractivity contribution in [2.45, 2.75) is 18.2 Å². The fraction of sp³-hybridized carbons (Fsp3) is 0.286. The Balaban J connectivity index is 1.76. The van der Waals surface area contributed by atoms with Gasteiger partial charge in [-0.15, -0.1) is 0 Å². The molecule has 0 fully saturated rings. The molecule has 1 atom stereocenters. The number of benzene rings is 2. The number of amides is 1. The molecule has 2 aromatic carbocycles. The van der Waals surface area contributed by atoms with Gasteiger partial charge in [0.15, 0.2) is 6.61 Å². The molecule has 1 N–H and O–H groups in total. The largest absolute Gasteiger partial charge is 0.467 e. The number of methoxy groups -OCH3 is 1. The SMILES string of the molecule is COC(=O)C(CSCc1ccccc1)NC(=O)COC(=O)Cc1ccccc1. The van der Waals surface area contributed by atoms with Gasteiger partial charge >= 0.3 is 11.9 Å². The maximum absolute atomic E-state index is 12.1. The molecule has 0 aliphatic rings. The molecule has 0 heterocycles. The highest BCUT2D eigenvalue weighted by Crippen LogP contribution is 2.13. The summed E-state index contributed by atoms with van der Waals surface area (Å²) >= 11 is 1.50. The molecule has 6 nitrogen and oxygen atoms in total. The highest BCUT2D eigenvalue weighted by Gasteiger charge is 2.22. The zero-order valence-electron chi connectivity index (χ0n) is 15.6. The topological polar surface area (TPSA) is 81.7 Å². The highest BCUT2D eigenvalue weighted by atomic mass is 32.2. The lowest BCUT2D eigenvalue weighted by Gasteiger charge is -2.16. The molecule has 148 valence electrons. The van der Waals surface area contributed by atoms with Crippen LogP contribution < -0.4 is 5.32 Å². The molecule has 0 aliphatic heterocycles. The van der Waals surface area contributed by atoms with Crippen molar-refractivity contribution in [1.82, 2.24) is 5.32 Å².